The van der Waals surface area contributed by atoms with Gasteiger partial charge in [-0.3, -0.25) is 10.1 Å². The van der Waals surface area contributed by atoms with Gasteiger partial charge in [-0.1, -0.05) is 22.7 Å². The Bertz CT molecular complexity index is 627. The summed E-state index contributed by atoms with van der Waals surface area (Å²) in [6.07, 6.45) is 0. The van der Waals surface area contributed by atoms with Crippen LogP contribution in [0.1, 0.15) is 24.3 Å². The summed E-state index contributed by atoms with van der Waals surface area (Å²) in [5.74, 6) is -0.367. The van der Waals surface area contributed by atoms with Gasteiger partial charge in [-0.2, -0.15) is 0 Å². The van der Waals surface area contributed by atoms with Gasteiger partial charge < -0.3 is 10.6 Å². The summed E-state index contributed by atoms with van der Waals surface area (Å²) in [6, 6.07) is 8.52. The maximum atomic E-state index is 11.9. The molecule has 1 aromatic carbocycles. The Morgan fingerprint density at radius 2 is 1.86 bits per heavy atom. The number of amides is 3. The van der Waals surface area contributed by atoms with E-state index in [1.54, 1.807) is 12.1 Å². The van der Waals surface area contributed by atoms with Crippen molar-refractivity contribution in [2.45, 2.75) is 19.9 Å². The van der Waals surface area contributed by atoms with E-state index in [4.69, 9.17) is 0 Å². The maximum Gasteiger partial charge on any atom is 0.324 e. The zero-order valence-electron chi connectivity index (χ0n) is 11.6. The second-order valence-electron chi connectivity index (χ2n) is 4.52. The fourth-order valence-electron chi connectivity index (χ4n) is 1.54. The van der Waals surface area contributed by atoms with E-state index in [9.17, 15) is 9.59 Å². The molecule has 3 amide bonds. The fourth-order valence-corrected chi connectivity index (χ4v) is 2.10. The van der Waals surface area contributed by atoms with Gasteiger partial charge in [-0.25, -0.2) is 4.79 Å². The number of benzene rings is 1. The lowest BCUT2D eigenvalue weighted by molar-refractivity contribution is 0.0939. The topological polar surface area (TPSA) is 96.0 Å². The predicted molar refractivity (Wildman–Crippen MR) is 81.6 cm³/mol. The molecule has 21 heavy (non-hydrogen) atoms. The van der Waals surface area contributed by atoms with Crippen LogP contribution >= 0.6 is 11.5 Å². The van der Waals surface area contributed by atoms with Crippen molar-refractivity contribution in [3.05, 3.63) is 36.0 Å². The van der Waals surface area contributed by atoms with Gasteiger partial charge in [0, 0.05) is 23.3 Å². The van der Waals surface area contributed by atoms with Crippen LogP contribution in [0.5, 0.6) is 0 Å². The fraction of sp³-hybridized carbons (Fsp3) is 0.231. The Morgan fingerprint density at radius 3 is 2.52 bits per heavy atom. The second-order valence-corrected chi connectivity index (χ2v) is 5.28. The molecular formula is C13H15N5O2S. The first-order valence-electron chi connectivity index (χ1n) is 6.32. The minimum atomic E-state index is -0.453. The van der Waals surface area contributed by atoms with Crippen LogP contribution in [0.15, 0.2) is 30.3 Å². The van der Waals surface area contributed by atoms with Crippen LogP contribution in [-0.4, -0.2) is 27.6 Å². The summed E-state index contributed by atoms with van der Waals surface area (Å²) in [7, 11) is 0. The Balaban J connectivity index is 2.02. The summed E-state index contributed by atoms with van der Waals surface area (Å²) in [5.41, 5.74) is 0.762. The van der Waals surface area contributed by atoms with Crippen molar-refractivity contribution in [3.8, 4) is 0 Å². The molecule has 0 unspecified atom stereocenters. The largest absolute Gasteiger partial charge is 0.348 e. The molecule has 0 atom stereocenters. The van der Waals surface area contributed by atoms with Crippen molar-refractivity contribution in [2.75, 3.05) is 10.6 Å². The van der Waals surface area contributed by atoms with Gasteiger partial charge in [-0.15, -0.1) is 5.10 Å². The lowest BCUT2D eigenvalue weighted by Crippen LogP contribution is -2.31. The van der Waals surface area contributed by atoms with Gasteiger partial charge in [0.05, 0.1) is 0 Å². The van der Waals surface area contributed by atoms with Crippen molar-refractivity contribution in [1.82, 2.24) is 14.9 Å². The first kappa shape index (κ1) is 14.9. The third-order valence-electron chi connectivity index (χ3n) is 2.38. The zero-order chi connectivity index (χ0) is 15.2. The molecule has 0 saturated heterocycles. The molecule has 1 heterocycles. The number of urea groups is 1. The summed E-state index contributed by atoms with van der Waals surface area (Å²) in [4.78, 5) is 23.8. The highest BCUT2D eigenvalue weighted by Gasteiger charge is 2.18. The molecule has 0 spiro atoms. The number of rotatable bonds is 4. The number of carbonyl (C=O) groups is 2. The third kappa shape index (κ3) is 4.25. The first-order chi connectivity index (χ1) is 10.1. The first-order valence-corrected chi connectivity index (χ1v) is 7.10. The predicted octanol–water partition coefficient (Wildman–Crippen LogP) is 2.32. The minimum Gasteiger partial charge on any atom is -0.348 e. The highest BCUT2D eigenvalue weighted by Crippen LogP contribution is 2.18. The molecule has 1 aromatic heterocycles. The van der Waals surface area contributed by atoms with Crippen LogP contribution in [0.4, 0.5) is 15.5 Å². The lowest BCUT2D eigenvalue weighted by Gasteiger charge is -2.08. The second kappa shape index (κ2) is 6.80. The molecule has 0 aliphatic rings. The van der Waals surface area contributed by atoms with Crippen LogP contribution in [0.25, 0.3) is 0 Å². The van der Waals surface area contributed by atoms with Crippen molar-refractivity contribution in [1.29, 1.82) is 0 Å². The third-order valence-corrected chi connectivity index (χ3v) is 3.02. The van der Waals surface area contributed by atoms with E-state index in [0.29, 0.717) is 10.7 Å². The van der Waals surface area contributed by atoms with Crippen LogP contribution in [0.2, 0.25) is 0 Å². The number of carbonyl (C=O) groups excluding carboxylic acids is 2. The number of para-hydroxylation sites is 1. The molecular weight excluding hydrogens is 290 g/mol. The lowest BCUT2D eigenvalue weighted by atomic mass is 10.3. The van der Waals surface area contributed by atoms with Crippen molar-refractivity contribution >= 4 is 34.2 Å². The monoisotopic (exact) mass is 305 g/mol. The Labute approximate surface area is 125 Å². The molecule has 7 nitrogen and oxygen atoms in total. The molecule has 0 saturated carbocycles. The minimum absolute atomic E-state index is 0.0230. The van der Waals surface area contributed by atoms with Crippen molar-refractivity contribution in [2.24, 2.45) is 0 Å². The van der Waals surface area contributed by atoms with Crippen LogP contribution in [0, 0.1) is 0 Å². The standard InChI is InChI=1S/C13H15N5O2S/c1-8(2)14-11(19)10-12(21-18-17-10)16-13(20)15-9-6-4-3-5-7-9/h3-8H,1-2H3,(H,14,19)(H2,15,16,20). The molecule has 110 valence electrons. The van der Waals surface area contributed by atoms with E-state index in [2.05, 4.69) is 25.5 Å². The summed E-state index contributed by atoms with van der Waals surface area (Å²) >= 11 is 0.950. The molecule has 0 aliphatic heterocycles. The smallest absolute Gasteiger partial charge is 0.324 e. The van der Waals surface area contributed by atoms with Crippen LogP contribution in [0.3, 0.4) is 0 Å². The van der Waals surface area contributed by atoms with E-state index in [1.807, 2.05) is 32.0 Å². The molecule has 0 radical (unpaired) electrons. The van der Waals surface area contributed by atoms with Gasteiger partial charge in [0.1, 0.15) is 0 Å². The van der Waals surface area contributed by atoms with Gasteiger partial charge >= 0.3 is 6.03 Å². The average Bonchev–Trinajstić information content (AvgIpc) is 2.87. The normalized spacial score (nSPS) is 10.2. The highest BCUT2D eigenvalue weighted by molar-refractivity contribution is 7.10. The number of hydrogen-bond donors (Lipinski definition) is 3. The van der Waals surface area contributed by atoms with Gasteiger partial charge in [0.15, 0.2) is 10.7 Å². The van der Waals surface area contributed by atoms with E-state index in [1.165, 1.54) is 0 Å². The van der Waals surface area contributed by atoms with E-state index < -0.39 is 6.03 Å². The Morgan fingerprint density at radius 1 is 1.14 bits per heavy atom. The van der Waals surface area contributed by atoms with Gasteiger partial charge in [0.25, 0.3) is 5.91 Å². The summed E-state index contributed by atoms with van der Waals surface area (Å²) in [6.45, 7) is 3.68. The SMILES string of the molecule is CC(C)NC(=O)c1nnsc1NC(=O)Nc1ccccc1. The van der Waals surface area contributed by atoms with Crippen molar-refractivity contribution in [3.63, 3.8) is 0 Å². The number of anilines is 2. The number of nitrogens with one attached hydrogen (secondary N) is 3. The highest BCUT2D eigenvalue weighted by atomic mass is 32.1. The average molecular weight is 305 g/mol. The maximum absolute atomic E-state index is 11.9. The summed E-state index contributed by atoms with van der Waals surface area (Å²) in [5, 5.41) is 12.0. The number of aromatic nitrogens is 2. The molecule has 3 N–H and O–H groups in total. The molecule has 2 rings (SSSR count). The number of hydrogen-bond acceptors (Lipinski definition) is 5. The number of nitrogens with zero attached hydrogens (tertiary/aromatic N) is 2. The summed E-state index contributed by atoms with van der Waals surface area (Å²) < 4.78 is 3.70. The van der Waals surface area contributed by atoms with E-state index in [0.717, 1.165) is 11.5 Å². The molecule has 0 aliphatic carbocycles. The quantitative estimate of drug-likeness (QED) is 0.807. The molecule has 8 heteroatoms. The van der Waals surface area contributed by atoms with Crippen molar-refractivity contribution < 1.29 is 9.59 Å². The van der Waals surface area contributed by atoms with Gasteiger partial charge in [-0.05, 0) is 26.0 Å². The van der Waals surface area contributed by atoms with Crippen LogP contribution < -0.4 is 16.0 Å². The van der Waals surface area contributed by atoms with Gasteiger partial charge in [0.2, 0.25) is 0 Å². The molecule has 2 aromatic rings. The Kier molecular flexibility index (Phi) is 4.83. The zero-order valence-corrected chi connectivity index (χ0v) is 12.4. The van der Waals surface area contributed by atoms with E-state index >= 15 is 0 Å². The Hall–Kier alpha value is -2.48. The molecule has 0 fully saturated rings. The van der Waals surface area contributed by atoms with Crippen LogP contribution in [-0.2, 0) is 0 Å². The molecule has 0 bridgehead atoms. The van der Waals surface area contributed by atoms with E-state index in [-0.39, 0.29) is 17.6 Å².